The molecule has 0 saturated heterocycles. The van der Waals surface area contributed by atoms with Crippen LogP contribution in [0, 0.1) is 5.82 Å². The first-order valence-corrected chi connectivity index (χ1v) is 8.87. The molecule has 0 amide bonds. The van der Waals surface area contributed by atoms with Crippen molar-refractivity contribution in [2.75, 3.05) is 11.5 Å². The van der Waals surface area contributed by atoms with Crippen molar-refractivity contribution in [1.29, 1.82) is 0 Å². The molecule has 7 nitrogen and oxygen atoms in total. The van der Waals surface area contributed by atoms with Gasteiger partial charge in [-0.2, -0.15) is 0 Å². The summed E-state index contributed by atoms with van der Waals surface area (Å²) in [5, 5.41) is 4.00. The van der Waals surface area contributed by atoms with E-state index in [0.717, 1.165) is 0 Å². The van der Waals surface area contributed by atoms with Crippen molar-refractivity contribution in [3.05, 3.63) is 83.4 Å². The maximum absolute atomic E-state index is 14.5. The van der Waals surface area contributed by atoms with E-state index in [2.05, 4.69) is 15.1 Å². The summed E-state index contributed by atoms with van der Waals surface area (Å²) in [7, 11) is 0. The highest BCUT2D eigenvalue weighted by molar-refractivity contribution is 5.71. The zero-order valence-electron chi connectivity index (χ0n) is 15.4. The molecule has 4 rings (SSSR count). The van der Waals surface area contributed by atoms with Crippen LogP contribution in [0.15, 0.2) is 65.3 Å². The Bertz CT molecular complexity index is 1130. The number of ether oxygens (including phenoxy) is 1. The Morgan fingerprint density at radius 1 is 1.03 bits per heavy atom. The Labute approximate surface area is 166 Å². The predicted octanol–water partition coefficient (Wildman–Crippen LogP) is 3.60. The van der Waals surface area contributed by atoms with Crippen molar-refractivity contribution in [3.8, 4) is 17.2 Å². The van der Waals surface area contributed by atoms with Crippen LogP contribution in [0.4, 0.5) is 16.0 Å². The van der Waals surface area contributed by atoms with Crippen LogP contribution in [0.5, 0.6) is 5.88 Å². The molecular weight excluding hydrogens is 373 g/mol. The van der Waals surface area contributed by atoms with E-state index >= 15 is 0 Å². The molecule has 3 aromatic heterocycles. The molecule has 1 aromatic carbocycles. The van der Waals surface area contributed by atoms with Gasteiger partial charge in [-0.15, -0.1) is 0 Å². The second-order valence-corrected chi connectivity index (χ2v) is 6.41. The minimum absolute atomic E-state index is 0.228. The molecule has 0 aliphatic heterocycles. The van der Waals surface area contributed by atoms with Gasteiger partial charge >= 0.3 is 0 Å². The van der Waals surface area contributed by atoms with Gasteiger partial charge in [0.25, 0.3) is 0 Å². The van der Waals surface area contributed by atoms with Crippen LogP contribution in [0.1, 0.15) is 16.8 Å². The van der Waals surface area contributed by atoms with E-state index in [9.17, 15) is 4.39 Å². The molecule has 3 heterocycles. The fraction of sp³-hybridized carbons (Fsp3) is 0.0952. The van der Waals surface area contributed by atoms with Crippen LogP contribution in [-0.4, -0.2) is 15.1 Å². The first-order chi connectivity index (χ1) is 14.1. The number of hydrogen-bond acceptors (Lipinski definition) is 7. The third-order valence-electron chi connectivity index (χ3n) is 4.28. The van der Waals surface area contributed by atoms with Gasteiger partial charge in [0.1, 0.15) is 24.1 Å². The highest BCUT2D eigenvalue weighted by atomic mass is 19.1. The number of nitrogen functional groups attached to an aromatic ring is 2. The number of benzene rings is 1. The molecule has 0 spiro atoms. The maximum Gasteiger partial charge on any atom is 0.213 e. The van der Waals surface area contributed by atoms with Crippen LogP contribution in [-0.2, 0) is 13.0 Å². The number of nitrogens with zero attached hydrogens (tertiary/aromatic N) is 3. The number of rotatable bonds is 6. The fourth-order valence-electron chi connectivity index (χ4n) is 2.83. The predicted molar refractivity (Wildman–Crippen MR) is 106 cm³/mol. The summed E-state index contributed by atoms with van der Waals surface area (Å²) in [6.07, 6.45) is 1.91. The Kier molecular flexibility index (Phi) is 5.07. The van der Waals surface area contributed by atoms with E-state index in [0.29, 0.717) is 39.8 Å². The lowest BCUT2D eigenvalue weighted by atomic mass is 10.1. The second-order valence-electron chi connectivity index (χ2n) is 6.41. The number of nitrogens with two attached hydrogens (primary N) is 2. The standard InChI is InChI=1S/C21H18FN5O2/c22-17-9-13(12-28-20-3-1-2-8-25-20)4-5-14(17)10-15-11-18(29-27-15)16-6-7-19(23)26-21(16)24/h1-9,11H,10,12H2,(H4,23,24,26). The molecule has 4 aromatic rings. The van der Waals surface area contributed by atoms with Crippen molar-refractivity contribution in [3.63, 3.8) is 0 Å². The van der Waals surface area contributed by atoms with E-state index < -0.39 is 0 Å². The monoisotopic (exact) mass is 391 g/mol. The summed E-state index contributed by atoms with van der Waals surface area (Å²) >= 11 is 0. The van der Waals surface area contributed by atoms with E-state index in [-0.39, 0.29) is 24.7 Å². The van der Waals surface area contributed by atoms with E-state index in [1.54, 1.807) is 42.6 Å². The molecule has 0 saturated carbocycles. The van der Waals surface area contributed by atoms with Gasteiger partial charge in [-0.1, -0.05) is 23.4 Å². The summed E-state index contributed by atoms with van der Waals surface area (Å²) in [4.78, 5) is 8.07. The summed E-state index contributed by atoms with van der Waals surface area (Å²) < 4.78 is 25.4. The van der Waals surface area contributed by atoms with Crippen LogP contribution < -0.4 is 16.2 Å². The smallest absolute Gasteiger partial charge is 0.213 e. The van der Waals surface area contributed by atoms with Gasteiger partial charge in [0.15, 0.2) is 5.76 Å². The average Bonchev–Trinajstić information content (AvgIpc) is 3.17. The summed E-state index contributed by atoms with van der Waals surface area (Å²) in [5.41, 5.74) is 13.8. The molecule has 0 unspecified atom stereocenters. The summed E-state index contributed by atoms with van der Waals surface area (Å²) in [6, 6.07) is 15.4. The number of pyridine rings is 2. The van der Waals surface area contributed by atoms with Crippen molar-refractivity contribution in [2.45, 2.75) is 13.0 Å². The third-order valence-corrected chi connectivity index (χ3v) is 4.28. The average molecular weight is 391 g/mol. The molecular formula is C21H18FN5O2. The maximum atomic E-state index is 14.5. The van der Waals surface area contributed by atoms with Gasteiger partial charge in [-0.05, 0) is 35.4 Å². The number of halogens is 1. The minimum Gasteiger partial charge on any atom is -0.473 e. The first-order valence-electron chi connectivity index (χ1n) is 8.87. The molecule has 8 heteroatoms. The van der Waals surface area contributed by atoms with Crippen LogP contribution >= 0.6 is 0 Å². The Morgan fingerprint density at radius 3 is 2.69 bits per heavy atom. The van der Waals surface area contributed by atoms with Gasteiger partial charge in [-0.3, -0.25) is 0 Å². The van der Waals surface area contributed by atoms with Gasteiger partial charge in [-0.25, -0.2) is 14.4 Å². The van der Waals surface area contributed by atoms with Gasteiger partial charge in [0.2, 0.25) is 5.88 Å². The lowest BCUT2D eigenvalue weighted by molar-refractivity contribution is 0.293. The largest absolute Gasteiger partial charge is 0.473 e. The van der Waals surface area contributed by atoms with E-state index in [4.69, 9.17) is 20.7 Å². The quantitative estimate of drug-likeness (QED) is 0.516. The zero-order valence-corrected chi connectivity index (χ0v) is 15.4. The zero-order chi connectivity index (χ0) is 20.2. The number of anilines is 2. The van der Waals surface area contributed by atoms with E-state index in [1.807, 2.05) is 12.1 Å². The SMILES string of the molecule is Nc1ccc(-c2cc(Cc3ccc(COc4ccccn4)cc3F)no2)c(N)n1. The molecule has 4 N–H and O–H groups in total. The van der Waals surface area contributed by atoms with Gasteiger partial charge in [0.05, 0.1) is 11.3 Å². The third kappa shape index (κ3) is 4.32. The minimum atomic E-state index is -0.342. The second kappa shape index (κ2) is 7.97. The topological polar surface area (TPSA) is 113 Å². The Balaban J connectivity index is 1.45. The highest BCUT2D eigenvalue weighted by Gasteiger charge is 2.13. The lowest BCUT2D eigenvalue weighted by Gasteiger charge is -2.07. The van der Waals surface area contributed by atoms with Crippen molar-refractivity contribution in [1.82, 2.24) is 15.1 Å². The van der Waals surface area contributed by atoms with Gasteiger partial charge in [0, 0.05) is 24.8 Å². The number of aromatic nitrogens is 3. The Morgan fingerprint density at radius 2 is 1.93 bits per heavy atom. The normalized spacial score (nSPS) is 10.8. The summed E-state index contributed by atoms with van der Waals surface area (Å²) in [5.74, 6) is 1.16. The van der Waals surface area contributed by atoms with Crippen molar-refractivity contribution in [2.24, 2.45) is 0 Å². The molecule has 0 atom stereocenters. The summed E-state index contributed by atoms with van der Waals surface area (Å²) in [6.45, 7) is 0.228. The molecule has 0 radical (unpaired) electrons. The highest BCUT2D eigenvalue weighted by Crippen LogP contribution is 2.27. The molecule has 0 aliphatic carbocycles. The van der Waals surface area contributed by atoms with Crippen LogP contribution in [0.3, 0.4) is 0 Å². The number of hydrogen-bond donors (Lipinski definition) is 2. The van der Waals surface area contributed by atoms with E-state index in [1.165, 1.54) is 6.07 Å². The first kappa shape index (κ1) is 18.4. The molecule has 0 bridgehead atoms. The Hall–Kier alpha value is -3.94. The fourth-order valence-corrected chi connectivity index (χ4v) is 2.83. The molecule has 0 fully saturated rings. The van der Waals surface area contributed by atoms with Crippen LogP contribution in [0.25, 0.3) is 11.3 Å². The molecule has 146 valence electrons. The lowest BCUT2D eigenvalue weighted by Crippen LogP contribution is -2.00. The molecule has 29 heavy (non-hydrogen) atoms. The van der Waals surface area contributed by atoms with Crippen LogP contribution in [0.2, 0.25) is 0 Å². The van der Waals surface area contributed by atoms with Crippen molar-refractivity contribution < 1.29 is 13.7 Å². The van der Waals surface area contributed by atoms with Gasteiger partial charge < -0.3 is 20.7 Å². The van der Waals surface area contributed by atoms with Crippen molar-refractivity contribution >= 4 is 11.6 Å². The molecule has 0 aliphatic rings.